The van der Waals surface area contributed by atoms with Crippen molar-refractivity contribution in [3.8, 4) is 11.5 Å². The minimum atomic E-state index is -0.222. The number of ether oxygens (including phenoxy) is 2. The number of esters is 1. The molecule has 0 aromatic heterocycles. The molecule has 0 saturated carbocycles. The Morgan fingerprint density at radius 1 is 1.38 bits per heavy atom. The molecular weight excluding hydrogens is 168 g/mol. The number of benzene rings is 1. The van der Waals surface area contributed by atoms with Crippen molar-refractivity contribution in [3.63, 3.8) is 0 Å². The van der Waals surface area contributed by atoms with Crippen LogP contribution in [-0.4, -0.2) is 5.97 Å². The van der Waals surface area contributed by atoms with Gasteiger partial charge in [0.1, 0.15) is 6.10 Å². The zero-order valence-corrected chi connectivity index (χ0v) is 7.16. The maximum absolute atomic E-state index is 11.3. The zero-order chi connectivity index (χ0) is 9.00. The van der Waals surface area contributed by atoms with E-state index < -0.39 is 0 Å². The molecule has 1 unspecified atom stereocenters. The second-order valence-electron chi connectivity index (χ2n) is 3.29. The lowest BCUT2D eigenvalue weighted by Crippen LogP contribution is -1.96. The van der Waals surface area contributed by atoms with Crippen LogP contribution in [0.4, 0.5) is 0 Å². The SMILES string of the molecule is CCC1OC(=O)c2cc3c(cc21)O3. The lowest BCUT2D eigenvalue weighted by atomic mass is 10.0. The van der Waals surface area contributed by atoms with Crippen molar-refractivity contribution in [1.29, 1.82) is 0 Å². The number of hydrogen-bond donors (Lipinski definition) is 0. The highest BCUT2D eigenvalue weighted by Gasteiger charge is 2.35. The second-order valence-corrected chi connectivity index (χ2v) is 3.29. The third-order valence-corrected chi connectivity index (χ3v) is 2.48. The monoisotopic (exact) mass is 176 g/mol. The first-order valence-electron chi connectivity index (χ1n) is 4.36. The first-order chi connectivity index (χ1) is 6.29. The predicted molar refractivity (Wildman–Crippen MR) is 45.0 cm³/mol. The van der Waals surface area contributed by atoms with E-state index in [-0.39, 0.29) is 12.1 Å². The topological polar surface area (TPSA) is 38.8 Å². The van der Waals surface area contributed by atoms with Crippen molar-refractivity contribution in [2.24, 2.45) is 0 Å². The summed E-state index contributed by atoms with van der Waals surface area (Å²) in [5, 5.41) is 0. The summed E-state index contributed by atoms with van der Waals surface area (Å²) < 4.78 is 10.3. The van der Waals surface area contributed by atoms with E-state index in [9.17, 15) is 4.79 Å². The van der Waals surface area contributed by atoms with Crippen molar-refractivity contribution in [3.05, 3.63) is 23.3 Å². The largest absolute Gasteiger partial charge is 0.454 e. The first-order valence-corrected chi connectivity index (χ1v) is 4.36. The van der Waals surface area contributed by atoms with Crippen LogP contribution in [0.5, 0.6) is 11.5 Å². The van der Waals surface area contributed by atoms with Gasteiger partial charge in [-0.05, 0) is 18.6 Å². The van der Waals surface area contributed by atoms with Gasteiger partial charge >= 0.3 is 5.97 Å². The minimum absolute atomic E-state index is 0.0722. The number of carbonyl (C=O) groups excluding carboxylic acids is 1. The molecule has 2 aliphatic rings. The third kappa shape index (κ3) is 0.813. The van der Waals surface area contributed by atoms with E-state index in [1.807, 2.05) is 13.0 Å². The van der Waals surface area contributed by atoms with Crippen LogP contribution >= 0.6 is 0 Å². The molecule has 66 valence electrons. The van der Waals surface area contributed by atoms with Crippen molar-refractivity contribution in [2.45, 2.75) is 19.4 Å². The molecule has 2 aliphatic heterocycles. The number of carbonyl (C=O) groups is 1. The number of cyclic esters (lactones) is 1. The standard InChI is InChI=1S/C10H8O3/c1-2-7-5-3-8-9(12-8)4-6(5)10(11)13-7/h3-4,7H,2H2,1H3. The molecule has 1 aromatic carbocycles. The Bertz CT molecular complexity index is 409. The summed E-state index contributed by atoms with van der Waals surface area (Å²) in [7, 11) is 0. The van der Waals surface area contributed by atoms with Gasteiger partial charge in [-0.25, -0.2) is 4.79 Å². The van der Waals surface area contributed by atoms with Gasteiger partial charge in [0.25, 0.3) is 0 Å². The van der Waals surface area contributed by atoms with Crippen LogP contribution in [0.2, 0.25) is 0 Å². The highest BCUT2D eigenvalue weighted by molar-refractivity contribution is 5.95. The van der Waals surface area contributed by atoms with Crippen LogP contribution in [0.25, 0.3) is 0 Å². The molecule has 2 heterocycles. The van der Waals surface area contributed by atoms with Crippen LogP contribution in [-0.2, 0) is 4.74 Å². The summed E-state index contributed by atoms with van der Waals surface area (Å²) in [6.07, 6.45) is 0.745. The smallest absolute Gasteiger partial charge is 0.339 e. The zero-order valence-electron chi connectivity index (χ0n) is 7.16. The molecule has 0 amide bonds. The Labute approximate surface area is 75.3 Å². The molecule has 0 bridgehead atoms. The van der Waals surface area contributed by atoms with Gasteiger partial charge in [-0.15, -0.1) is 0 Å². The van der Waals surface area contributed by atoms with Crippen molar-refractivity contribution in [1.82, 2.24) is 0 Å². The van der Waals surface area contributed by atoms with Gasteiger partial charge in [0.05, 0.1) is 5.56 Å². The van der Waals surface area contributed by atoms with Crippen molar-refractivity contribution in [2.75, 3.05) is 0 Å². The lowest BCUT2D eigenvalue weighted by molar-refractivity contribution is 0.0378. The van der Waals surface area contributed by atoms with Crippen LogP contribution in [0, 0.1) is 0 Å². The molecule has 3 rings (SSSR count). The van der Waals surface area contributed by atoms with Gasteiger partial charge in [0.2, 0.25) is 0 Å². The van der Waals surface area contributed by atoms with Crippen LogP contribution in [0.15, 0.2) is 12.1 Å². The van der Waals surface area contributed by atoms with Gasteiger partial charge < -0.3 is 9.47 Å². The average Bonchev–Trinajstić information content (AvgIpc) is 2.83. The van der Waals surface area contributed by atoms with E-state index in [1.165, 1.54) is 0 Å². The highest BCUT2D eigenvalue weighted by Crippen LogP contribution is 2.50. The molecule has 0 N–H and O–H groups in total. The Hall–Kier alpha value is -1.51. The Kier molecular flexibility index (Phi) is 1.09. The molecule has 0 spiro atoms. The fourth-order valence-corrected chi connectivity index (χ4v) is 1.73. The maximum atomic E-state index is 11.3. The first kappa shape index (κ1) is 6.95. The summed E-state index contributed by atoms with van der Waals surface area (Å²) in [6.45, 7) is 2.00. The summed E-state index contributed by atoms with van der Waals surface area (Å²) in [5.41, 5.74) is 1.65. The number of fused-ring (bicyclic) bond motifs is 2. The van der Waals surface area contributed by atoms with E-state index in [4.69, 9.17) is 9.47 Å². The molecule has 1 atom stereocenters. The van der Waals surface area contributed by atoms with Crippen LogP contribution in [0.3, 0.4) is 0 Å². The number of rotatable bonds is 1. The molecule has 3 nitrogen and oxygen atoms in total. The molecular formula is C10H8O3. The third-order valence-electron chi connectivity index (χ3n) is 2.48. The maximum Gasteiger partial charge on any atom is 0.339 e. The molecule has 0 fully saturated rings. The quantitative estimate of drug-likeness (QED) is 0.494. The molecule has 1 aromatic rings. The van der Waals surface area contributed by atoms with Gasteiger partial charge in [0.15, 0.2) is 11.5 Å². The molecule has 3 heteroatoms. The fourth-order valence-electron chi connectivity index (χ4n) is 1.73. The normalized spacial score (nSPS) is 21.6. The minimum Gasteiger partial charge on any atom is -0.454 e. The molecule has 0 saturated heterocycles. The highest BCUT2D eigenvalue weighted by atomic mass is 16.6. The Morgan fingerprint density at radius 3 is 2.92 bits per heavy atom. The van der Waals surface area contributed by atoms with E-state index in [0.717, 1.165) is 23.5 Å². The Morgan fingerprint density at radius 2 is 2.15 bits per heavy atom. The molecule has 0 radical (unpaired) electrons. The van der Waals surface area contributed by atoms with Crippen LogP contribution in [0.1, 0.15) is 35.4 Å². The van der Waals surface area contributed by atoms with E-state index in [1.54, 1.807) is 6.07 Å². The van der Waals surface area contributed by atoms with Crippen molar-refractivity contribution >= 4 is 5.97 Å². The van der Waals surface area contributed by atoms with Crippen molar-refractivity contribution < 1.29 is 14.3 Å². The summed E-state index contributed by atoms with van der Waals surface area (Å²) in [5.74, 6) is 1.48. The lowest BCUT2D eigenvalue weighted by Gasteiger charge is -2.04. The summed E-state index contributed by atoms with van der Waals surface area (Å²) in [4.78, 5) is 11.3. The van der Waals surface area contributed by atoms with Gasteiger partial charge in [-0.3, -0.25) is 0 Å². The Balaban J connectivity index is 2.18. The average molecular weight is 176 g/mol. The number of hydrogen-bond acceptors (Lipinski definition) is 3. The molecule has 13 heavy (non-hydrogen) atoms. The fraction of sp³-hybridized carbons (Fsp3) is 0.300. The van der Waals surface area contributed by atoms with Gasteiger partial charge in [-0.1, -0.05) is 6.92 Å². The van der Waals surface area contributed by atoms with Gasteiger partial charge in [-0.2, -0.15) is 0 Å². The van der Waals surface area contributed by atoms with Gasteiger partial charge in [0, 0.05) is 5.56 Å². The predicted octanol–water partition coefficient (Wildman–Crippen LogP) is 2.41. The van der Waals surface area contributed by atoms with E-state index >= 15 is 0 Å². The van der Waals surface area contributed by atoms with E-state index in [0.29, 0.717) is 5.56 Å². The second kappa shape index (κ2) is 2.05. The summed E-state index contributed by atoms with van der Waals surface area (Å²) in [6, 6.07) is 3.67. The van der Waals surface area contributed by atoms with E-state index in [2.05, 4.69) is 0 Å². The summed E-state index contributed by atoms with van der Waals surface area (Å²) >= 11 is 0. The van der Waals surface area contributed by atoms with Crippen LogP contribution < -0.4 is 4.74 Å². The molecule has 0 aliphatic carbocycles.